The van der Waals surface area contributed by atoms with Gasteiger partial charge in [0.15, 0.2) is 0 Å². The summed E-state index contributed by atoms with van der Waals surface area (Å²) in [5.41, 5.74) is 4.65. The molecule has 2 N–H and O–H groups in total. The maximum atomic E-state index is 14.6. The average Bonchev–Trinajstić information content (AvgIpc) is 3.57. The topological polar surface area (TPSA) is 87.7 Å². The largest absolute Gasteiger partial charge is 0.444 e. The zero-order chi connectivity index (χ0) is 29.9. The molecule has 5 atom stereocenters. The third kappa shape index (κ3) is 7.23. The Kier molecular flexibility index (Phi) is 9.70. The number of amides is 3. The summed E-state index contributed by atoms with van der Waals surface area (Å²) in [6, 6.07) is 9.99. The Labute approximate surface area is 240 Å². The van der Waals surface area contributed by atoms with Gasteiger partial charge in [-0.15, -0.1) is 0 Å². The van der Waals surface area contributed by atoms with Crippen LogP contribution in [0.4, 0.5) is 10.5 Å². The second-order valence-corrected chi connectivity index (χ2v) is 12.5. The molecule has 0 bridgehead atoms. The Hall–Kier alpha value is -3.35. The van der Waals surface area contributed by atoms with Gasteiger partial charge in [-0.2, -0.15) is 0 Å². The first-order valence-electron chi connectivity index (χ1n) is 14.4. The molecule has 1 aliphatic carbocycles. The number of aryl methyl sites for hydroxylation is 4. The molecule has 1 saturated carbocycles. The lowest BCUT2D eigenvalue weighted by molar-refractivity contribution is -0.142. The number of anilines is 1. The van der Waals surface area contributed by atoms with Gasteiger partial charge in [0.05, 0.1) is 0 Å². The molecule has 0 saturated heterocycles. The molecule has 3 amide bonds. The van der Waals surface area contributed by atoms with Crippen LogP contribution in [-0.4, -0.2) is 40.5 Å². The molecular weight excluding hydrogens is 502 g/mol. The Balaban J connectivity index is 2.13. The SMILES string of the molecule is CCC(C)C(NC(=O)OC(C)(C)C)C(=O)N(C(C(=O)Nc1c(C)cccc1C)c1c(C)cccc1C)C1CC1C. The Bertz CT molecular complexity index is 1210. The van der Waals surface area contributed by atoms with E-state index in [2.05, 4.69) is 17.6 Å². The van der Waals surface area contributed by atoms with Gasteiger partial charge in [-0.05, 0) is 94.5 Å². The van der Waals surface area contributed by atoms with Gasteiger partial charge in [-0.3, -0.25) is 9.59 Å². The number of hydrogen-bond acceptors (Lipinski definition) is 4. The Morgan fingerprint density at radius 3 is 1.93 bits per heavy atom. The van der Waals surface area contributed by atoms with E-state index >= 15 is 0 Å². The van der Waals surface area contributed by atoms with Crippen LogP contribution in [0.5, 0.6) is 0 Å². The highest BCUT2D eigenvalue weighted by atomic mass is 16.6. The van der Waals surface area contributed by atoms with Crippen LogP contribution in [0.25, 0.3) is 0 Å². The zero-order valence-electron chi connectivity index (χ0n) is 25.8. The maximum Gasteiger partial charge on any atom is 0.408 e. The first-order valence-corrected chi connectivity index (χ1v) is 14.4. The Morgan fingerprint density at radius 2 is 1.48 bits per heavy atom. The van der Waals surface area contributed by atoms with Gasteiger partial charge in [0, 0.05) is 11.7 Å². The second kappa shape index (κ2) is 12.4. The van der Waals surface area contributed by atoms with E-state index < -0.39 is 23.8 Å². The second-order valence-electron chi connectivity index (χ2n) is 12.5. The summed E-state index contributed by atoms with van der Waals surface area (Å²) >= 11 is 0. The molecular formula is C33H47N3O4. The minimum atomic E-state index is -0.866. The fourth-order valence-corrected chi connectivity index (χ4v) is 5.31. The molecule has 2 aromatic rings. The molecule has 7 heteroatoms. The van der Waals surface area contributed by atoms with Gasteiger partial charge < -0.3 is 20.3 Å². The summed E-state index contributed by atoms with van der Waals surface area (Å²) in [5, 5.41) is 6.03. The normalized spacial score (nSPS) is 18.8. The molecule has 218 valence electrons. The number of nitrogens with one attached hydrogen (secondary N) is 2. The van der Waals surface area contributed by atoms with Crippen molar-refractivity contribution in [1.29, 1.82) is 0 Å². The predicted molar refractivity (Wildman–Crippen MR) is 160 cm³/mol. The lowest BCUT2D eigenvalue weighted by Crippen LogP contribution is -2.55. The van der Waals surface area contributed by atoms with Crippen molar-refractivity contribution in [2.45, 2.75) is 106 Å². The summed E-state index contributed by atoms with van der Waals surface area (Å²) in [7, 11) is 0. The van der Waals surface area contributed by atoms with Crippen molar-refractivity contribution in [3.63, 3.8) is 0 Å². The molecule has 2 aromatic carbocycles. The minimum Gasteiger partial charge on any atom is -0.444 e. The number of carbonyl (C=O) groups is 3. The van der Waals surface area contributed by atoms with E-state index in [4.69, 9.17) is 4.74 Å². The van der Waals surface area contributed by atoms with Crippen LogP contribution in [0.3, 0.4) is 0 Å². The van der Waals surface area contributed by atoms with Crippen LogP contribution < -0.4 is 10.6 Å². The molecule has 0 aliphatic heterocycles. The minimum absolute atomic E-state index is 0.118. The summed E-state index contributed by atoms with van der Waals surface area (Å²) in [6.45, 7) is 19.3. The van der Waals surface area contributed by atoms with Crippen molar-refractivity contribution in [2.24, 2.45) is 11.8 Å². The number of nitrogens with zero attached hydrogens (tertiary/aromatic N) is 1. The molecule has 7 nitrogen and oxygen atoms in total. The highest BCUT2D eigenvalue weighted by molar-refractivity contribution is 6.00. The van der Waals surface area contributed by atoms with Crippen molar-refractivity contribution < 1.29 is 19.1 Å². The lowest BCUT2D eigenvalue weighted by Gasteiger charge is -2.37. The molecule has 0 radical (unpaired) electrons. The average molecular weight is 550 g/mol. The van der Waals surface area contributed by atoms with Crippen molar-refractivity contribution >= 4 is 23.6 Å². The summed E-state index contributed by atoms with van der Waals surface area (Å²) < 4.78 is 5.53. The van der Waals surface area contributed by atoms with E-state index in [9.17, 15) is 14.4 Å². The maximum absolute atomic E-state index is 14.6. The summed E-state index contributed by atoms with van der Waals surface area (Å²) in [4.78, 5) is 43.6. The van der Waals surface area contributed by atoms with Crippen LogP contribution in [-0.2, 0) is 14.3 Å². The smallest absolute Gasteiger partial charge is 0.408 e. The number of ether oxygens (including phenoxy) is 1. The Morgan fingerprint density at radius 1 is 0.975 bits per heavy atom. The van der Waals surface area contributed by atoms with Crippen LogP contribution in [0.1, 0.15) is 88.2 Å². The summed E-state index contributed by atoms with van der Waals surface area (Å²) in [5.74, 6) is -0.457. The number of rotatable bonds is 9. The van der Waals surface area contributed by atoms with Gasteiger partial charge in [0.1, 0.15) is 17.7 Å². The molecule has 3 rings (SSSR count). The predicted octanol–water partition coefficient (Wildman–Crippen LogP) is 6.78. The molecule has 0 heterocycles. The van der Waals surface area contributed by atoms with E-state index in [1.807, 2.05) is 77.9 Å². The van der Waals surface area contributed by atoms with Crippen molar-refractivity contribution in [1.82, 2.24) is 10.2 Å². The van der Waals surface area contributed by atoms with Crippen LogP contribution in [0, 0.1) is 39.5 Å². The van der Waals surface area contributed by atoms with Crippen molar-refractivity contribution in [2.75, 3.05) is 5.32 Å². The quantitative estimate of drug-likeness (QED) is 0.361. The summed E-state index contributed by atoms with van der Waals surface area (Å²) in [6.07, 6.45) is 0.824. The molecule has 0 spiro atoms. The number of carbonyl (C=O) groups excluding carboxylic acids is 3. The van der Waals surface area contributed by atoms with Crippen LogP contribution in [0.2, 0.25) is 0 Å². The number of benzene rings is 2. The highest BCUT2D eigenvalue weighted by Crippen LogP contribution is 2.43. The fourth-order valence-electron chi connectivity index (χ4n) is 5.31. The number of para-hydroxylation sites is 1. The molecule has 0 aromatic heterocycles. The van der Waals surface area contributed by atoms with Crippen LogP contribution >= 0.6 is 0 Å². The van der Waals surface area contributed by atoms with E-state index in [1.54, 1.807) is 25.7 Å². The molecule has 1 fully saturated rings. The standard InChI is InChI=1S/C33H47N3O4/c1-11-19(2)28(35-32(39)40-33(8,9)10)31(38)36(25-18-24(25)7)29(26-20(3)14-12-15-21(26)4)30(37)34-27-22(5)16-13-17-23(27)6/h12-17,19,24-25,28-29H,11,18H2,1-10H3,(H,34,37)(H,35,39). The van der Waals surface area contributed by atoms with E-state index in [0.29, 0.717) is 6.42 Å². The van der Waals surface area contributed by atoms with E-state index in [0.717, 1.165) is 39.9 Å². The zero-order valence-corrected chi connectivity index (χ0v) is 25.8. The number of alkyl carbamates (subject to hydrolysis) is 1. The molecule has 1 aliphatic rings. The van der Waals surface area contributed by atoms with E-state index in [-0.39, 0.29) is 29.7 Å². The monoisotopic (exact) mass is 549 g/mol. The van der Waals surface area contributed by atoms with Gasteiger partial charge in [0.2, 0.25) is 5.91 Å². The number of hydrogen-bond donors (Lipinski definition) is 2. The first kappa shape index (κ1) is 31.2. The van der Waals surface area contributed by atoms with Gasteiger partial charge >= 0.3 is 6.09 Å². The molecule has 5 unspecified atom stereocenters. The third-order valence-electron chi connectivity index (χ3n) is 7.90. The van der Waals surface area contributed by atoms with Gasteiger partial charge in [-0.25, -0.2) is 4.79 Å². The fraction of sp³-hybridized carbons (Fsp3) is 0.545. The van der Waals surface area contributed by atoms with Crippen LogP contribution in [0.15, 0.2) is 36.4 Å². The lowest BCUT2D eigenvalue weighted by atomic mass is 9.91. The highest BCUT2D eigenvalue weighted by Gasteiger charge is 2.49. The van der Waals surface area contributed by atoms with Gasteiger partial charge in [-0.1, -0.05) is 63.6 Å². The van der Waals surface area contributed by atoms with E-state index in [1.165, 1.54) is 0 Å². The van der Waals surface area contributed by atoms with Crippen molar-refractivity contribution in [3.05, 3.63) is 64.2 Å². The first-order chi connectivity index (χ1) is 18.7. The van der Waals surface area contributed by atoms with Crippen molar-refractivity contribution in [3.8, 4) is 0 Å². The third-order valence-corrected chi connectivity index (χ3v) is 7.90. The molecule has 40 heavy (non-hydrogen) atoms. The van der Waals surface area contributed by atoms with Gasteiger partial charge in [0.25, 0.3) is 5.91 Å².